The SMILES string of the molecule is O=C(NC(=S)Nc1cccc(C(F)(F)C(F)(F)OC(F)(F)C(F)(F)C(F)(F)OC(F)(F)F)c1)c1cc(I)ccc1Cl. The molecule has 5 nitrogen and oxygen atoms in total. The van der Waals surface area contributed by atoms with Crippen LogP contribution in [-0.2, 0) is 15.4 Å². The number of thiocarbonyl (C=S) groups is 1. The van der Waals surface area contributed by atoms with Crippen molar-refractivity contribution in [3.8, 4) is 0 Å². The number of amides is 1. The summed E-state index contributed by atoms with van der Waals surface area (Å²) in [6.45, 7) is 0. The molecule has 0 saturated carbocycles. The van der Waals surface area contributed by atoms with E-state index in [1.807, 2.05) is 27.3 Å². The number of nitrogens with one attached hydrogen (secondary N) is 2. The Morgan fingerprint density at radius 1 is 0.805 bits per heavy atom. The predicted molar refractivity (Wildman–Crippen MR) is 126 cm³/mol. The highest BCUT2D eigenvalue weighted by Gasteiger charge is 2.80. The molecule has 2 N–H and O–H groups in total. The van der Waals surface area contributed by atoms with Crippen LogP contribution >= 0.6 is 46.4 Å². The first-order valence-corrected chi connectivity index (χ1v) is 11.7. The molecule has 41 heavy (non-hydrogen) atoms. The van der Waals surface area contributed by atoms with Gasteiger partial charge in [-0.05, 0) is 65.1 Å². The summed E-state index contributed by atoms with van der Waals surface area (Å²) in [5, 5.41) is 3.51. The second kappa shape index (κ2) is 11.8. The van der Waals surface area contributed by atoms with E-state index in [2.05, 4.69) is 10.6 Å². The maximum absolute atomic E-state index is 14.5. The number of carbonyl (C=O) groups excluding carboxylic acids is 1. The molecule has 1 amide bonds. The monoisotopic (exact) mass is 766 g/mol. The topological polar surface area (TPSA) is 59.6 Å². The van der Waals surface area contributed by atoms with Gasteiger partial charge >= 0.3 is 36.5 Å². The Hall–Kier alpha value is -2.17. The van der Waals surface area contributed by atoms with E-state index in [4.69, 9.17) is 23.8 Å². The molecular formula is C20H9ClF13IN2O3S. The molecule has 2 aromatic carbocycles. The molecule has 2 aromatic rings. The van der Waals surface area contributed by atoms with Gasteiger partial charge in [-0.25, -0.2) is 9.47 Å². The van der Waals surface area contributed by atoms with E-state index in [0.29, 0.717) is 9.64 Å². The molecule has 2 rings (SSSR count). The number of halogens is 15. The van der Waals surface area contributed by atoms with Crippen LogP contribution in [0.5, 0.6) is 0 Å². The molecule has 0 aromatic heterocycles. The second-order valence-electron chi connectivity index (χ2n) is 7.46. The van der Waals surface area contributed by atoms with Gasteiger partial charge in [-0.15, -0.1) is 13.2 Å². The van der Waals surface area contributed by atoms with Crippen molar-refractivity contribution in [3.05, 3.63) is 62.2 Å². The lowest BCUT2D eigenvalue weighted by molar-refractivity contribution is -0.535. The molecule has 0 spiro atoms. The van der Waals surface area contributed by atoms with Gasteiger partial charge in [0.1, 0.15) is 0 Å². The van der Waals surface area contributed by atoms with Crippen LogP contribution in [0, 0.1) is 3.57 Å². The van der Waals surface area contributed by atoms with E-state index in [0.717, 1.165) is 6.07 Å². The van der Waals surface area contributed by atoms with Crippen LogP contribution in [-0.4, -0.2) is 41.6 Å². The minimum absolute atomic E-state index is 0.0281. The average Bonchev–Trinajstić information content (AvgIpc) is 2.78. The van der Waals surface area contributed by atoms with E-state index in [1.54, 1.807) is 10.8 Å². The van der Waals surface area contributed by atoms with Gasteiger partial charge in [-0.1, -0.05) is 23.7 Å². The average molecular weight is 767 g/mol. The van der Waals surface area contributed by atoms with Gasteiger partial charge in [0.2, 0.25) is 0 Å². The summed E-state index contributed by atoms with van der Waals surface area (Å²) in [6, 6.07) is 5.90. The molecule has 0 aliphatic rings. The normalized spacial score (nSPS) is 13.6. The summed E-state index contributed by atoms with van der Waals surface area (Å²) in [6.07, 6.45) is -28.0. The van der Waals surface area contributed by atoms with Crippen LogP contribution in [0.15, 0.2) is 42.5 Å². The summed E-state index contributed by atoms with van der Waals surface area (Å²) < 4.78 is 177. The van der Waals surface area contributed by atoms with Crippen molar-refractivity contribution >= 4 is 63.1 Å². The Morgan fingerprint density at radius 2 is 1.37 bits per heavy atom. The van der Waals surface area contributed by atoms with Gasteiger partial charge in [-0.3, -0.25) is 10.1 Å². The summed E-state index contributed by atoms with van der Waals surface area (Å²) in [5.74, 6) is -14.5. The van der Waals surface area contributed by atoms with Crippen LogP contribution < -0.4 is 10.6 Å². The van der Waals surface area contributed by atoms with E-state index in [9.17, 15) is 61.9 Å². The van der Waals surface area contributed by atoms with Crippen molar-refractivity contribution in [2.45, 2.75) is 36.5 Å². The van der Waals surface area contributed by atoms with Crippen LogP contribution in [0.1, 0.15) is 15.9 Å². The molecule has 0 unspecified atom stereocenters. The van der Waals surface area contributed by atoms with Crippen molar-refractivity contribution < 1.29 is 71.3 Å². The van der Waals surface area contributed by atoms with Gasteiger partial charge in [-0.2, -0.15) is 43.9 Å². The minimum atomic E-state index is -7.54. The number of anilines is 1. The molecule has 0 aliphatic carbocycles. The summed E-state index contributed by atoms with van der Waals surface area (Å²) in [4.78, 5) is 12.3. The zero-order chi connectivity index (χ0) is 31.8. The fourth-order valence-electron chi connectivity index (χ4n) is 2.63. The summed E-state index contributed by atoms with van der Waals surface area (Å²) in [7, 11) is 0. The van der Waals surface area contributed by atoms with E-state index in [-0.39, 0.29) is 22.7 Å². The molecule has 0 radical (unpaired) electrons. The number of ether oxygens (including phenoxy) is 2. The maximum Gasteiger partial charge on any atom is 0.527 e. The zero-order valence-electron chi connectivity index (χ0n) is 18.8. The van der Waals surface area contributed by atoms with Crippen molar-refractivity contribution in [3.63, 3.8) is 0 Å². The first-order chi connectivity index (χ1) is 18.3. The van der Waals surface area contributed by atoms with Gasteiger partial charge in [0, 0.05) is 14.8 Å². The highest BCUT2D eigenvalue weighted by molar-refractivity contribution is 14.1. The molecule has 0 aliphatic heterocycles. The lowest BCUT2D eigenvalue weighted by Crippen LogP contribution is -2.61. The number of hydrogen-bond donors (Lipinski definition) is 2. The molecule has 0 bridgehead atoms. The number of alkyl halides is 13. The maximum atomic E-state index is 14.5. The quantitative estimate of drug-likeness (QED) is 0.154. The van der Waals surface area contributed by atoms with Crippen LogP contribution in [0.25, 0.3) is 0 Å². The highest BCUT2D eigenvalue weighted by atomic mass is 127. The van der Waals surface area contributed by atoms with E-state index < -0.39 is 58.8 Å². The standard InChI is InChI=1S/C20H9ClF13IN2O3S/c21-12-5-4-9(35)7-11(12)13(38)37-14(41)36-10-3-1-2-8(6-10)15(22,23)17(26,27)39-18(28,29)16(24,25)19(30,31)40-20(32,33)34/h1-7H,(H2,36,37,38,41). The Kier molecular flexibility index (Phi) is 10.1. The van der Waals surface area contributed by atoms with Gasteiger partial charge < -0.3 is 5.32 Å². The molecule has 21 heteroatoms. The lowest BCUT2D eigenvalue weighted by atomic mass is 10.1. The Morgan fingerprint density at radius 3 is 1.93 bits per heavy atom. The second-order valence-corrected chi connectivity index (χ2v) is 9.52. The third-order valence-corrected chi connectivity index (χ3v) is 5.68. The van der Waals surface area contributed by atoms with Crippen molar-refractivity contribution in [2.75, 3.05) is 5.32 Å². The lowest BCUT2D eigenvalue weighted by Gasteiger charge is -2.35. The van der Waals surface area contributed by atoms with Crippen molar-refractivity contribution in [1.29, 1.82) is 0 Å². The van der Waals surface area contributed by atoms with Gasteiger partial charge in [0.15, 0.2) is 5.11 Å². The third kappa shape index (κ3) is 8.02. The van der Waals surface area contributed by atoms with E-state index >= 15 is 0 Å². The van der Waals surface area contributed by atoms with Gasteiger partial charge in [0.05, 0.1) is 10.6 Å². The van der Waals surface area contributed by atoms with Crippen LogP contribution in [0.2, 0.25) is 5.02 Å². The molecular weight excluding hydrogens is 758 g/mol. The third-order valence-electron chi connectivity index (χ3n) is 4.48. The first kappa shape index (κ1) is 35.0. The Bertz CT molecular complexity index is 1310. The number of carbonyl (C=O) groups is 1. The van der Waals surface area contributed by atoms with E-state index in [1.165, 1.54) is 12.1 Å². The fourth-order valence-corrected chi connectivity index (χ4v) is 3.54. The number of benzene rings is 2. The first-order valence-electron chi connectivity index (χ1n) is 9.87. The number of rotatable bonds is 9. The van der Waals surface area contributed by atoms with Crippen LogP contribution in [0.4, 0.5) is 62.8 Å². The largest absolute Gasteiger partial charge is 0.527 e. The van der Waals surface area contributed by atoms with Crippen LogP contribution in [0.3, 0.4) is 0 Å². The van der Waals surface area contributed by atoms with Crippen molar-refractivity contribution in [2.24, 2.45) is 0 Å². The summed E-state index contributed by atoms with van der Waals surface area (Å²) in [5.41, 5.74) is -2.68. The van der Waals surface area contributed by atoms with Gasteiger partial charge in [0.25, 0.3) is 5.91 Å². The Balaban J connectivity index is 2.27. The minimum Gasteiger partial charge on any atom is -0.332 e. The molecule has 0 heterocycles. The zero-order valence-corrected chi connectivity index (χ0v) is 22.6. The highest BCUT2D eigenvalue weighted by Crippen LogP contribution is 2.54. The Labute approximate surface area is 243 Å². The fraction of sp³-hybridized carbons (Fsp3) is 0.300. The predicted octanol–water partition coefficient (Wildman–Crippen LogP) is 8.13. The number of hydrogen-bond acceptors (Lipinski definition) is 4. The molecule has 0 fully saturated rings. The molecule has 0 saturated heterocycles. The molecule has 0 atom stereocenters. The molecule has 228 valence electrons. The van der Waals surface area contributed by atoms with Crippen molar-refractivity contribution in [1.82, 2.24) is 5.32 Å². The smallest absolute Gasteiger partial charge is 0.332 e. The summed E-state index contributed by atoms with van der Waals surface area (Å²) >= 11 is 12.5.